The molecule has 2 atom stereocenters. The number of aromatic nitrogens is 1. The number of pyridine rings is 1. The highest BCUT2D eigenvalue weighted by Crippen LogP contribution is 2.38. The zero-order valence-electron chi connectivity index (χ0n) is 11.2. The normalized spacial score (nSPS) is 20.2. The number of hydrogen-bond donors (Lipinski definition) is 0. The minimum atomic E-state index is -0.143. The molecule has 0 amide bonds. The van der Waals surface area contributed by atoms with Crippen LogP contribution in [0.25, 0.3) is 0 Å². The van der Waals surface area contributed by atoms with Crippen molar-refractivity contribution in [2.45, 2.75) is 13.3 Å². The number of hydrogen-bond acceptors (Lipinski definition) is 4. The van der Waals surface area contributed by atoms with Crippen molar-refractivity contribution in [2.75, 3.05) is 0 Å². The van der Waals surface area contributed by atoms with Crippen LogP contribution in [0.15, 0.2) is 48.7 Å². The highest BCUT2D eigenvalue weighted by Gasteiger charge is 2.40. The van der Waals surface area contributed by atoms with E-state index in [1.165, 1.54) is 0 Å². The first kappa shape index (κ1) is 12.7. The van der Waals surface area contributed by atoms with Crippen LogP contribution < -0.4 is 9.47 Å². The third kappa shape index (κ3) is 2.96. The van der Waals surface area contributed by atoms with E-state index in [0.717, 1.165) is 6.42 Å². The number of rotatable bonds is 4. The fourth-order valence-electron chi connectivity index (χ4n) is 1.95. The molecule has 4 heteroatoms. The van der Waals surface area contributed by atoms with Gasteiger partial charge < -0.3 is 9.47 Å². The second kappa shape index (κ2) is 5.33. The Morgan fingerprint density at radius 2 is 1.85 bits per heavy atom. The van der Waals surface area contributed by atoms with Crippen molar-refractivity contribution in [1.29, 1.82) is 0 Å². The average Bonchev–Trinajstić information content (AvgIpc) is 3.19. The summed E-state index contributed by atoms with van der Waals surface area (Å²) < 4.78 is 10.9. The number of carbonyl (C=O) groups excluding carboxylic acids is 1. The summed E-state index contributed by atoms with van der Waals surface area (Å²) in [6.45, 7) is 2.05. The molecular formula is C16H15NO3. The Morgan fingerprint density at radius 1 is 1.15 bits per heavy atom. The Hall–Kier alpha value is -2.36. The zero-order valence-corrected chi connectivity index (χ0v) is 11.2. The molecule has 0 aliphatic heterocycles. The van der Waals surface area contributed by atoms with Gasteiger partial charge in [-0.15, -0.1) is 0 Å². The van der Waals surface area contributed by atoms with Gasteiger partial charge in [-0.3, -0.25) is 4.79 Å². The summed E-state index contributed by atoms with van der Waals surface area (Å²) in [5, 5.41) is 0. The molecule has 1 aromatic carbocycles. The molecule has 1 saturated carbocycles. The van der Waals surface area contributed by atoms with Crippen molar-refractivity contribution in [3.8, 4) is 17.4 Å². The van der Waals surface area contributed by atoms with E-state index in [2.05, 4.69) is 11.9 Å². The molecule has 1 heterocycles. The maximum atomic E-state index is 11.7. The topological polar surface area (TPSA) is 48.4 Å². The van der Waals surface area contributed by atoms with E-state index in [-0.39, 0.29) is 11.9 Å². The van der Waals surface area contributed by atoms with E-state index in [4.69, 9.17) is 9.47 Å². The van der Waals surface area contributed by atoms with Gasteiger partial charge in [-0.05, 0) is 42.7 Å². The molecule has 0 saturated heterocycles. The molecule has 1 aliphatic carbocycles. The highest BCUT2D eigenvalue weighted by molar-refractivity contribution is 5.78. The number of benzene rings is 1. The Kier molecular flexibility index (Phi) is 3.37. The standard InChI is InChI=1S/C16H15NO3/c1-11-10-14(11)16(18)20-13-7-5-12(6-8-13)19-15-4-2-3-9-17-15/h2-9,11,14H,10H2,1H3. The van der Waals surface area contributed by atoms with Gasteiger partial charge in [0.05, 0.1) is 5.92 Å². The molecule has 0 radical (unpaired) electrons. The first-order valence-electron chi connectivity index (χ1n) is 6.63. The van der Waals surface area contributed by atoms with E-state index < -0.39 is 0 Å². The van der Waals surface area contributed by atoms with E-state index >= 15 is 0 Å². The molecule has 1 fully saturated rings. The number of carbonyl (C=O) groups is 1. The molecule has 0 N–H and O–H groups in total. The van der Waals surface area contributed by atoms with Gasteiger partial charge in [0.1, 0.15) is 11.5 Å². The van der Waals surface area contributed by atoms with Crippen LogP contribution in [-0.4, -0.2) is 11.0 Å². The predicted molar refractivity (Wildman–Crippen MR) is 73.7 cm³/mol. The molecular weight excluding hydrogens is 254 g/mol. The van der Waals surface area contributed by atoms with Crippen LogP contribution in [0, 0.1) is 11.8 Å². The lowest BCUT2D eigenvalue weighted by Crippen LogP contribution is -2.10. The maximum Gasteiger partial charge on any atom is 0.314 e. The third-order valence-electron chi connectivity index (χ3n) is 3.31. The molecule has 102 valence electrons. The van der Waals surface area contributed by atoms with Crippen LogP contribution in [-0.2, 0) is 4.79 Å². The summed E-state index contributed by atoms with van der Waals surface area (Å²) in [7, 11) is 0. The molecule has 4 nitrogen and oxygen atoms in total. The van der Waals surface area contributed by atoms with E-state index in [1.807, 2.05) is 12.1 Å². The van der Waals surface area contributed by atoms with Crippen molar-refractivity contribution in [3.05, 3.63) is 48.7 Å². The van der Waals surface area contributed by atoms with Crippen LogP contribution in [0.3, 0.4) is 0 Å². The van der Waals surface area contributed by atoms with Gasteiger partial charge in [0.15, 0.2) is 0 Å². The number of esters is 1. The lowest BCUT2D eigenvalue weighted by atomic mass is 10.3. The lowest BCUT2D eigenvalue weighted by molar-refractivity contribution is -0.136. The van der Waals surface area contributed by atoms with Crippen molar-refractivity contribution >= 4 is 5.97 Å². The zero-order chi connectivity index (χ0) is 13.9. The number of ether oxygens (including phenoxy) is 2. The van der Waals surface area contributed by atoms with Gasteiger partial charge >= 0.3 is 5.97 Å². The van der Waals surface area contributed by atoms with Gasteiger partial charge in [0.2, 0.25) is 5.88 Å². The van der Waals surface area contributed by atoms with Gasteiger partial charge in [0, 0.05) is 12.3 Å². The molecule has 3 rings (SSSR count). The van der Waals surface area contributed by atoms with Crippen LogP contribution in [0.4, 0.5) is 0 Å². The fraction of sp³-hybridized carbons (Fsp3) is 0.250. The van der Waals surface area contributed by atoms with Gasteiger partial charge in [-0.2, -0.15) is 0 Å². The largest absolute Gasteiger partial charge is 0.439 e. The fourth-order valence-corrected chi connectivity index (χ4v) is 1.95. The Morgan fingerprint density at radius 3 is 2.45 bits per heavy atom. The summed E-state index contributed by atoms with van der Waals surface area (Å²) in [5.74, 6) is 2.11. The predicted octanol–water partition coefficient (Wildman–Crippen LogP) is 3.44. The summed E-state index contributed by atoms with van der Waals surface area (Å²) >= 11 is 0. The first-order chi connectivity index (χ1) is 9.72. The third-order valence-corrected chi connectivity index (χ3v) is 3.31. The minimum Gasteiger partial charge on any atom is -0.439 e. The number of nitrogens with zero attached hydrogens (tertiary/aromatic N) is 1. The Bertz CT molecular complexity index is 595. The second-order valence-electron chi connectivity index (χ2n) is 4.98. The monoisotopic (exact) mass is 269 g/mol. The Balaban J connectivity index is 1.61. The van der Waals surface area contributed by atoms with Crippen molar-refractivity contribution in [1.82, 2.24) is 4.98 Å². The van der Waals surface area contributed by atoms with Crippen molar-refractivity contribution in [3.63, 3.8) is 0 Å². The average molecular weight is 269 g/mol. The van der Waals surface area contributed by atoms with Crippen LogP contribution in [0.1, 0.15) is 13.3 Å². The SMILES string of the molecule is CC1CC1C(=O)Oc1ccc(Oc2ccccn2)cc1. The van der Waals surface area contributed by atoms with Crippen molar-refractivity contribution < 1.29 is 14.3 Å². The minimum absolute atomic E-state index is 0.0689. The van der Waals surface area contributed by atoms with Crippen LogP contribution in [0.2, 0.25) is 0 Å². The van der Waals surface area contributed by atoms with E-state index in [0.29, 0.717) is 23.3 Å². The highest BCUT2D eigenvalue weighted by atomic mass is 16.5. The van der Waals surface area contributed by atoms with Crippen LogP contribution >= 0.6 is 0 Å². The first-order valence-corrected chi connectivity index (χ1v) is 6.63. The molecule has 20 heavy (non-hydrogen) atoms. The van der Waals surface area contributed by atoms with Crippen molar-refractivity contribution in [2.24, 2.45) is 11.8 Å². The second-order valence-corrected chi connectivity index (χ2v) is 4.98. The summed E-state index contributed by atoms with van der Waals surface area (Å²) in [5.41, 5.74) is 0. The maximum absolute atomic E-state index is 11.7. The Labute approximate surface area is 117 Å². The molecule has 2 aromatic rings. The van der Waals surface area contributed by atoms with E-state index in [1.54, 1.807) is 36.5 Å². The summed E-state index contributed by atoms with van der Waals surface area (Å²) in [6, 6.07) is 12.4. The molecule has 1 aromatic heterocycles. The molecule has 0 spiro atoms. The van der Waals surface area contributed by atoms with Gasteiger partial charge in [0.25, 0.3) is 0 Å². The van der Waals surface area contributed by atoms with Crippen LogP contribution in [0.5, 0.6) is 17.4 Å². The molecule has 2 unspecified atom stereocenters. The molecule has 0 bridgehead atoms. The summed E-state index contributed by atoms with van der Waals surface area (Å²) in [4.78, 5) is 15.8. The van der Waals surface area contributed by atoms with Gasteiger partial charge in [-0.25, -0.2) is 4.98 Å². The molecule has 1 aliphatic rings. The summed E-state index contributed by atoms with van der Waals surface area (Å²) in [6.07, 6.45) is 2.60. The quantitative estimate of drug-likeness (QED) is 0.630. The lowest BCUT2D eigenvalue weighted by Gasteiger charge is -2.06. The van der Waals surface area contributed by atoms with E-state index in [9.17, 15) is 4.79 Å². The smallest absolute Gasteiger partial charge is 0.314 e. The van der Waals surface area contributed by atoms with Gasteiger partial charge in [-0.1, -0.05) is 13.0 Å².